The highest BCUT2D eigenvalue weighted by Gasteiger charge is 2.09. The molecule has 0 radical (unpaired) electrons. The summed E-state index contributed by atoms with van der Waals surface area (Å²) in [6.07, 6.45) is 0. The smallest absolute Gasteiger partial charge is 0.208 e. The first-order chi connectivity index (χ1) is 17.2. The summed E-state index contributed by atoms with van der Waals surface area (Å²) in [6.45, 7) is 0. The van der Waals surface area contributed by atoms with Crippen LogP contribution >= 0.6 is 11.6 Å². The minimum absolute atomic E-state index is 0.0346. The number of hydrogen-bond acceptors (Lipinski definition) is 3. The number of nitrogens with zero attached hydrogens (tertiary/aromatic N) is 3. The van der Waals surface area contributed by atoms with Gasteiger partial charge in [-0.2, -0.15) is 9.97 Å². The third kappa shape index (κ3) is 3.60. The van der Waals surface area contributed by atoms with E-state index in [0.717, 1.165) is 5.56 Å². The summed E-state index contributed by atoms with van der Waals surface area (Å²) in [4.78, 5) is 12.9. The van der Waals surface area contributed by atoms with Gasteiger partial charge in [-0.3, -0.25) is 0 Å². The summed E-state index contributed by atoms with van der Waals surface area (Å²) in [6, 6.07) is 13.3. The molecule has 4 heteroatoms. The second kappa shape index (κ2) is 7.46. The predicted molar refractivity (Wildman–Crippen MR) is 119 cm³/mol. The van der Waals surface area contributed by atoms with Gasteiger partial charge in [-0.05, 0) is 39.5 Å². The van der Waals surface area contributed by atoms with E-state index in [-0.39, 0.29) is 39.7 Å². The molecule has 0 aliphatic rings. The van der Waals surface area contributed by atoms with Crippen molar-refractivity contribution in [2.24, 2.45) is 0 Å². The molecular formula is C25H16ClN3. The Morgan fingerprint density at radius 2 is 1.21 bits per heavy atom. The molecule has 138 valence electrons. The molecule has 0 atom stereocenters. The average Bonchev–Trinajstić information content (AvgIpc) is 2.89. The van der Waals surface area contributed by atoms with Crippen molar-refractivity contribution < 1.29 is 9.60 Å². The fourth-order valence-corrected chi connectivity index (χ4v) is 3.07. The Hall–Kier alpha value is -3.56. The molecule has 1 aromatic heterocycles. The zero-order chi connectivity index (χ0) is 25.7. The first-order valence-corrected chi connectivity index (χ1v) is 9.14. The van der Waals surface area contributed by atoms with E-state index in [1.54, 1.807) is 24.3 Å². The second-order valence-corrected chi connectivity index (χ2v) is 6.53. The molecule has 0 unspecified atom stereocenters. The fourth-order valence-electron chi connectivity index (χ4n) is 2.91. The van der Waals surface area contributed by atoms with E-state index >= 15 is 0 Å². The molecule has 0 aliphatic carbocycles. The number of fused-ring (bicyclic) bond motifs is 1. The lowest BCUT2D eigenvalue weighted by Gasteiger charge is -2.07. The lowest BCUT2D eigenvalue weighted by Crippen LogP contribution is -1.97. The highest BCUT2D eigenvalue weighted by Crippen LogP contribution is 2.27. The standard InChI is InChI=1S/C25H16ClN3/c26-25-28-23(19-7-2-1-3-8-19)27-24(29-25)20-13-10-18(11-14-20)22-15-12-17-6-4-5-9-21(17)16-22/h1-16H/i4D,5D,6D,9D,12D,15D,16D. The molecule has 1 heterocycles. The number of benzene rings is 4. The Kier molecular flexibility index (Phi) is 2.94. The Balaban J connectivity index is 1.64. The van der Waals surface area contributed by atoms with Gasteiger partial charge in [0.25, 0.3) is 0 Å². The summed E-state index contributed by atoms with van der Waals surface area (Å²) in [5.74, 6) is 0.755. The Labute approximate surface area is 183 Å². The van der Waals surface area contributed by atoms with Crippen molar-refractivity contribution in [2.45, 2.75) is 0 Å². The molecule has 4 aromatic carbocycles. The normalized spacial score (nSPS) is 14.3. The number of aromatic nitrogens is 3. The van der Waals surface area contributed by atoms with Crippen molar-refractivity contribution in [2.75, 3.05) is 0 Å². The van der Waals surface area contributed by atoms with E-state index in [1.165, 1.54) is 0 Å². The average molecular weight is 401 g/mol. The van der Waals surface area contributed by atoms with Crippen molar-refractivity contribution >= 4 is 22.4 Å². The van der Waals surface area contributed by atoms with Crippen LogP contribution in [0.3, 0.4) is 0 Å². The van der Waals surface area contributed by atoms with Crippen LogP contribution in [0.4, 0.5) is 0 Å². The zero-order valence-corrected chi connectivity index (χ0v) is 15.7. The minimum atomic E-state index is -0.497. The maximum absolute atomic E-state index is 8.69. The Morgan fingerprint density at radius 3 is 1.93 bits per heavy atom. The molecule has 0 saturated carbocycles. The Morgan fingerprint density at radius 1 is 0.586 bits per heavy atom. The summed E-state index contributed by atoms with van der Waals surface area (Å²) in [5.41, 5.74) is 1.94. The molecule has 0 amide bonds. The molecule has 29 heavy (non-hydrogen) atoms. The van der Waals surface area contributed by atoms with Crippen LogP contribution in [0, 0.1) is 0 Å². The van der Waals surface area contributed by atoms with Crippen LogP contribution in [-0.2, 0) is 0 Å². The molecular weight excluding hydrogens is 378 g/mol. The van der Waals surface area contributed by atoms with Crippen molar-refractivity contribution in [3.8, 4) is 33.9 Å². The highest BCUT2D eigenvalue weighted by molar-refractivity contribution is 6.28. The van der Waals surface area contributed by atoms with E-state index in [2.05, 4.69) is 15.0 Å². The van der Waals surface area contributed by atoms with Gasteiger partial charge in [0.15, 0.2) is 11.6 Å². The van der Waals surface area contributed by atoms with Gasteiger partial charge < -0.3 is 0 Å². The summed E-state index contributed by atoms with van der Waals surface area (Å²) >= 11 is 6.15. The number of halogens is 1. The van der Waals surface area contributed by atoms with Crippen LogP contribution in [-0.4, -0.2) is 15.0 Å². The van der Waals surface area contributed by atoms with E-state index in [4.69, 9.17) is 21.2 Å². The quantitative estimate of drug-likeness (QED) is 0.339. The van der Waals surface area contributed by atoms with E-state index in [1.807, 2.05) is 30.3 Å². The van der Waals surface area contributed by atoms with Gasteiger partial charge in [0.2, 0.25) is 5.28 Å². The van der Waals surface area contributed by atoms with Gasteiger partial charge in [-0.25, -0.2) is 4.98 Å². The Bertz CT molecular complexity index is 1660. The molecule has 0 aliphatic heterocycles. The lowest BCUT2D eigenvalue weighted by atomic mass is 10.0. The van der Waals surface area contributed by atoms with Gasteiger partial charge in [0.1, 0.15) is 0 Å². The van der Waals surface area contributed by atoms with Crippen LogP contribution in [0.15, 0.2) is 96.9 Å². The molecule has 0 N–H and O–H groups in total. The monoisotopic (exact) mass is 400 g/mol. The van der Waals surface area contributed by atoms with Gasteiger partial charge in [0, 0.05) is 11.1 Å². The number of rotatable bonds is 3. The second-order valence-electron chi connectivity index (χ2n) is 6.20. The zero-order valence-electron chi connectivity index (χ0n) is 21.9. The van der Waals surface area contributed by atoms with Crippen molar-refractivity contribution in [1.29, 1.82) is 0 Å². The summed E-state index contributed by atoms with van der Waals surface area (Å²) < 4.78 is 57.9. The molecule has 0 spiro atoms. The van der Waals surface area contributed by atoms with Gasteiger partial charge >= 0.3 is 0 Å². The fraction of sp³-hybridized carbons (Fsp3) is 0. The largest absolute Gasteiger partial charge is 0.226 e. The third-order valence-electron chi connectivity index (χ3n) is 4.32. The van der Waals surface area contributed by atoms with Crippen LogP contribution in [0.1, 0.15) is 9.60 Å². The minimum Gasteiger partial charge on any atom is -0.208 e. The SMILES string of the molecule is [2H]c1c([2H])c([2H])c2c([2H])c(-c3ccc(-c4nc(Cl)nc(-c5ccccc5)n4)cc3)c([2H])c([2H])c2c1[2H]. The first kappa shape index (κ1) is 11.4. The molecule has 0 bridgehead atoms. The summed E-state index contributed by atoms with van der Waals surface area (Å²) in [7, 11) is 0. The van der Waals surface area contributed by atoms with Crippen LogP contribution < -0.4 is 0 Å². The molecule has 0 saturated heterocycles. The van der Waals surface area contributed by atoms with Crippen molar-refractivity contribution in [1.82, 2.24) is 15.0 Å². The molecule has 5 rings (SSSR count). The third-order valence-corrected chi connectivity index (χ3v) is 4.49. The topological polar surface area (TPSA) is 38.7 Å². The van der Waals surface area contributed by atoms with Crippen LogP contribution in [0.25, 0.3) is 44.7 Å². The van der Waals surface area contributed by atoms with Gasteiger partial charge in [0.05, 0.1) is 9.60 Å². The predicted octanol–water partition coefficient (Wildman–Crippen LogP) is 6.68. The molecule has 3 nitrogen and oxygen atoms in total. The van der Waals surface area contributed by atoms with Gasteiger partial charge in [-0.15, -0.1) is 0 Å². The van der Waals surface area contributed by atoms with E-state index in [0.29, 0.717) is 22.8 Å². The molecule has 0 fully saturated rings. The molecule has 5 aromatic rings. The maximum Gasteiger partial charge on any atom is 0.226 e. The first-order valence-electron chi connectivity index (χ1n) is 12.3. The van der Waals surface area contributed by atoms with Crippen molar-refractivity contribution in [3.63, 3.8) is 0 Å². The highest BCUT2D eigenvalue weighted by atomic mass is 35.5. The van der Waals surface area contributed by atoms with Crippen LogP contribution in [0.5, 0.6) is 0 Å². The van der Waals surface area contributed by atoms with Crippen LogP contribution in [0.2, 0.25) is 5.28 Å². The summed E-state index contributed by atoms with van der Waals surface area (Å²) in [5, 5.41) is -0.185. The maximum atomic E-state index is 8.69. The van der Waals surface area contributed by atoms with E-state index < -0.39 is 24.2 Å². The lowest BCUT2D eigenvalue weighted by molar-refractivity contribution is 1.07. The van der Waals surface area contributed by atoms with E-state index in [9.17, 15) is 0 Å². The van der Waals surface area contributed by atoms with Gasteiger partial charge in [-0.1, -0.05) is 90.9 Å². The number of hydrogen-bond donors (Lipinski definition) is 0. The van der Waals surface area contributed by atoms with Crippen molar-refractivity contribution in [3.05, 3.63) is 102 Å².